The Hall–Kier alpha value is -2.91. The molecule has 3 aromatic rings. The molecule has 2 aromatic carbocycles. The van der Waals surface area contributed by atoms with Crippen LogP contribution in [0.3, 0.4) is 0 Å². The summed E-state index contributed by atoms with van der Waals surface area (Å²) in [5.74, 6) is 0.577. The first kappa shape index (κ1) is 20.8. The van der Waals surface area contributed by atoms with Crippen molar-refractivity contribution in [2.24, 2.45) is 0 Å². The lowest BCUT2D eigenvalue weighted by Gasteiger charge is -2.13. The molecule has 9 heteroatoms. The fraction of sp³-hybridized carbons (Fsp3) is 0.300. The predicted molar refractivity (Wildman–Crippen MR) is 112 cm³/mol. The fourth-order valence-electron chi connectivity index (χ4n) is 2.78. The summed E-state index contributed by atoms with van der Waals surface area (Å²) >= 11 is 0. The number of ether oxygens (including phenoxy) is 1. The van der Waals surface area contributed by atoms with Crippen molar-refractivity contribution in [2.45, 2.75) is 31.1 Å². The Bertz CT molecular complexity index is 1180. The molecule has 8 nitrogen and oxygen atoms in total. The summed E-state index contributed by atoms with van der Waals surface area (Å²) in [6.07, 6.45) is 0. The molecule has 1 amide bonds. The maximum absolute atomic E-state index is 12.7. The third kappa shape index (κ3) is 4.25. The molecule has 29 heavy (non-hydrogen) atoms. The van der Waals surface area contributed by atoms with Gasteiger partial charge in [0.05, 0.1) is 18.1 Å². The minimum absolute atomic E-state index is 0.103. The number of sulfonamides is 1. The Morgan fingerprint density at radius 2 is 1.86 bits per heavy atom. The average Bonchev–Trinajstić information content (AvgIpc) is 3.11. The smallest absolute Gasteiger partial charge is 0.255 e. The molecular weight excluding hydrogens is 392 g/mol. The quantitative estimate of drug-likeness (QED) is 0.592. The molecule has 0 saturated carbocycles. The van der Waals surface area contributed by atoms with E-state index < -0.39 is 15.9 Å². The minimum atomic E-state index is -3.78. The number of nitrogens with one attached hydrogen (secondary N) is 3. The number of anilines is 1. The van der Waals surface area contributed by atoms with Crippen LogP contribution in [0.2, 0.25) is 0 Å². The largest absolute Gasteiger partial charge is 0.495 e. The SMILES string of the molecule is CNS(=O)(=O)c1cc(C(=O)Nc2ccc3nc(C(C)(C)C)[nH]c3c2)ccc1OC. The molecule has 0 bridgehead atoms. The lowest BCUT2D eigenvalue weighted by Crippen LogP contribution is -2.20. The van der Waals surface area contributed by atoms with Gasteiger partial charge in [-0.2, -0.15) is 0 Å². The molecule has 1 aromatic heterocycles. The van der Waals surface area contributed by atoms with Gasteiger partial charge >= 0.3 is 0 Å². The summed E-state index contributed by atoms with van der Waals surface area (Å²) in [6.45, 7) is 6.19. The van der Waals surface area contributed by atoms with Gasteiger partial charge in [0.1, 0.15) is 16.5 Å². The Morgan fingerprint density at radius 3 is 2.48 bits per heavy atom. The van der Waals surface area contributed by atoms with Crippen LogP contribution < -0.4 is 14.8 Å². The van der Waals surface area contributed by atoms with Crippen LogP contribution in [0.15, 0.2) is 41.3 Å². The number of aromatic nitrogens is 2. The molecule has 0 aliphatic carbocycles. The van der Waals surface area contributed by atoms with Gasteiger partial charge in [-0.25, -0.2) is 18.1 Å². The predicted octanol–water partition coefficient (Wildman–Crippen LogP) is 3.03. The number of amides is 1. The lowest BCUT2D eigenvalue weighted by molar-refractivity contribution is 0.102. The molecular formula is C20H24N4O4S. The summed E-state index contributed by atoms with van der Waals surface area (Å²) in [5, 5.41) is 2.79. The molecule has 1 heterocycles. The first-order valence-corrected chi connectivity index (χ1v) is 10.5. The first-order valence-electron chi connectivity index (χ1n) is 8.98. The van der Waals surface area contributed by atoms with Gasteiger partial charge in [0.15, 0.2) is 0 Å². The average molecular weight is 417 g/mol. The van der Waals surface area contributed by atoms with Gasteiger partial charge in [0.25, 0.3) is 5.91 Å². The van der Waals surface area contributed by atoms with E-state index in [4.69, 9.17) is 4.74 Å². The normalized spacial score (nSPS) is 12.2. The number of fused-ring (bicyclic) bond motifs is 1. The van der Waals surface area contributed by atoms with Crippen molar-refractivity contribution in [3.05, 3.63) is 47.8 Å². The van der Waals surface area contributed by atoms with Crippen LogP contribution in [0.4, 0.5) is 5.69 Å². The van der Waals surface area contributed by atoms with Crippen molar-refractivity contribution < 1.29 is 17.9 Å². The number of nitrogens with zero attached hydrogens (tertiary/aromatic N) is 1. The summed E-state index contributed by atoms with van der Waals surface area (Å²) in [6, 6.07) is 9.61. The number of H-pyrrole nitrogens is 1. The molecule has 0 aliphatic rings. The maximum Gasteiger partial charge on any atom is 0.255 e. The summed E-state index contributed by atoms with van der Waals surface area (Å²) < 4.78 is 31.8. The molecule has 0 fully saturated rings. The van der Waals surface area contributed by atoms with E-state index >= 15 is 0 Å². The maximum atomic E-state index is 12.7. The number of rotatable bonds is 5. The topological polar surface area (TPSA) is 113 Å². The number of carbonyl (C=O) groups is 1. The van der Waals surface area contributed by atoms with E-state index in [1.165, 1.54) is 32.4 Å². The van der Waals surface area contributed by atoms with Crippen molar-refractivity contribution in [1.82, 2.24) is 14.7 Å². The van der Waals surface area contributed by atoms with Crippen LogP contribution in [0.25, 0.3) is 11.0 Å². The Kier molecular flexibility index (Phi) is 5.38. The molecule has 0 spiro atoms. The summed E-state index contributed by atoms with van der Waals surface area (Å²) in [5.41, 5.74) is 2.25. The minimum Gasteiger partial charge on any atom is -0.495 e. The third-order valence-corrected chi connectivity index (χ3v) is 5.87. The van der Waals surface area contributed by atoms with Crippen LogP contribution in [-0.2, 0) is 15.4 Å². The number of imidazole rings is 1. The van der Waals surface area contributed by atoms with E-state index in [1.54, 1.807) is 12.1 Å². The van der Waals surface area contributed by atoms with Crippen LogP contribution in [-0.4, -0.2) is 38.5 Å². The molecule has 0 saturated heterocycles. The van der Waals surface area contributed by atoms with Crippen molar-refractivity contribution in [1.29, 1.82) is 0 Å². The second kappa shape index (κ2) is 7.49. The molecule has 0 radical (unpaired) electrons. The van der Waals surface area contributed by atoms with E-state index in [0.29, 0.717) is 5.69 Å². The fourth-order valence-corrected chi connectivity index (χ4v) is 3.70. The van der Waals surface area contributed by atoms with Gasteiger partial charge < -0.3 is 15.0 Å². The first-order chi connectivity index (χ1) is 13.5. The number of methoxy groups -OCH3 is 1. The number of hydrogen-bond donors (Lipinski definition) is 3. The highest BCUT2D eigenvalue weighted by Crippen LogP contribution is 2.26. The monoisotopic (exact) mass is 416 g/mol. The number of aromatic amines is 1. The van der Waals surface area contributed by atoms with Crippen LogP contribution in [0, 0.1) is 0 Å². The Labute approximate surface area is 169 Å². The zero-order valence-corrected chi connectivity index (χ0v) is 17.8. The van der Waals surface area contributed by atoms with Crippen molar-refractivity contribution in [2.75, 3.05) is 19.5 Å². The highest BCUT2D eigenvalue weighted by molar-refractivity contribution is 7.89. The molecule has 3 rings (SSSR count). The second-order valence-corrected chi connectivity index (χ2v) is 9.45. The molecule has 0 unspecified atom stereocenters. The molecule has 0 atom stereocenters. The molecule has 3 N–H and O–H groups in total. The second-order valence-electron chi connectivity index (χ2n) is 7.59. The van der Waals surface area contributed by atoms with E-state index in [0.717, 1.165) is 16.9 Å². The van der Waals surface area contributed by atoms with E-state index in [9.17, 15) is 13.2 Å². The van der Waals surface area contributed by atoms with Gasteiger partial charge in [-0.05, 0) is 43.4 Å². The number of hydrogen-bond acceptors (Lipinski definition) is 5. The van der Waals surface area contributed by atoms with Gasteiger partial charge in [-0.1, -0.05) is 20.8 Å². The van der Waals surface area contributed by atoms with Gasteiger partial charge in [0.2, 0.25) is 10.0 Å². The van der Waals surface area contributed by atoms with Crippen LogP contribution >= 0.6 is 0 Å². The lowest BCUT2D eigenvalue weighted by atomic mass is 9.96. The highest BCUT2D eigenvalue weighted by atomic mass is 32.2. The zero-order chi connectivity index (χ0) is 21.4. The summed E-state index contributed by atoms with van der Waals surface area (Å²) in [7, 11) is -1.11. The molecule has 0 aliphatic heterocycles. The highest BCUT2D eigenvalue weighted by Gasteiger charge is 2.21. The van der Waals surface area contributed by atoms with Crippen molar-refractivity contribution >= 4 is 32.7 Å². The summed E-state index contributed by atoms with van der Waals surface area (Å²) in [4.78, 5) is 20.4. The zero-order valence-electron chi connectivity index (χ0n) is 17.0. The van der Waals surface area contributed by atoms with Crippen LogP contribution in [0.5, 0.6) is 5.75 Å². The third-order valence-electron chi connectivity index (χ3n) is 4.43. The van der Waals surface area contributed by atoms with Crippen LogP contribution in [0.1, 0.15) is 37.0 Å². The van der Waals surface area contributed by atoms with Gasteiger partial charge in [-0.3, -0.25) is 4.79 Å². The number of benzene rings is 2. The molecule has 154 valence electrons. The number of carbonyl (C=O) groups excluding carboxylic acids is 1. The van der Waals surface area contributed by atoms with Crippen molar-refractivity contribution in [3.63, 3.8) is 0 Å². The Balaban J connectivity index is 1.91. The van der Waals surface area contributed by atoms with Gasteiger partial charge in [-0.15, -0.1) is 0 Å². The van der Waals surface area contributed by atoms with Gasteiger partial charge in [0, 0.05) is 16.7 Å². The Morgan fingerprint density at radius 1 is 1.14 bits per heavy atom. The van der Waals surface area contributed by atoms with E-state index in [2.05, 4.69) is 40.8 Å². The standard InChI is InChI=1S/C20H24N4O4S/c1-20(2,3)19-23-14-8-7-13(11-15(14)24-19)22-18(25)12-6-9-16(28-5)17(10-12)29(26,27)21-4/h6-11,21H,1-5H3,(H,22,25)(H,23,24). The van der Waals surface area contributed by atoms with E-state index in [1.807, 2.05) is 6.07 Å². The van der Waals surface area contributed by atoms with Crippen molar-refractivity contribution in [3.8, 4) is 5.75 Å². The van der Waals surface area contributed by atoms with E-state index in [-0.39, 0.29) is 21.6 Å².